The van der Waals surface area contributed by atoms with E-state index in [4.69, 9.17) is 0 Å². The SMILES string of the molecule is CCN1CCN(CC(=O)Cc2ccccc2F)CC1. The molecule has 0 aromatic heterocycles. The molecule has 104 valence electrons. The maximum absolute atomic E-state index is 13.5. The summed E-state index contributed by atoms with van der Waals surface area (Å²) in [7, 11) is 0. The minimum atomic E-state index is -0.286. The first-order valence-corrected chi connectivity index (χ1v) is 6.89. The van der Waals surface area contributed by atoms with Gasteiger partial charge in [0.1, 0.15) is 5.82 Å². The van der Waals surface area contributed by atoms with Crippen molar-refractivity contribution >= 4 is 5.78 Å². The van der Waals surface area contributed by atoms with Crippen LogP contribution in [0.4, 0.5) is 4.39 Å². The second-order valence-corrected chi connectivity index (χ2v) is 5.02. The molecule has 1 heterocycles. The van der Waals surface area contributed by atoms with E-state index in [1.165, 1.54) is 6.07 Å². The van der Waals surface area contributed by atoms with Gasteiger partial charge in [-0.2, -0.15) is 0 Å². The summed E-state index contributed by atoms with van der Waals surface area (Å²) in [5, 5.41) is 0. The van der Waals surface area contributed by atoms with Crippen LogP contribution in [0.2, 0.25) is 0 Å². The Morgan fingerprint density at radius 2 is 1.79 bits per heavy atom. The van der Waals surface area contributed by atoms with Crippen molar-refractivity contribution in [3.63, 3.8) is 0 Å². The molecule has 3 nitrogen and oxygen atoms in total. The Morgan fingerprint density at radius 3 is 2.42 bits per heavy atom. The molecule has 4 heteroatoms. The molecular weight excluding hydrogens is 243 g/mol. The minimum Gasteiger partial charge on any atom is -0.301 e. The Labute approximate surface area is 114 Å². The number of ketones is 1. The van der Waals surface area contributed by atoms with Gasteiger partial charge < -0.3 is 4.90 Å². The van der Waals surface area contributed by atoms with Crippen molar-refractivity contribution in [1.29, 1.82) is 0 Å². The maximum atomic E-state index is 13.5. The van der Waals surface area contributed by atoms with E-state index in [2.05, 4.69) is 16.7 Å². The van der Waals surface area contributed by atoms with Gasteiger partial charge in [-0.05, 0) is 18.2 Å². The number of benzene rings is 1. The second kappa shape index (κ2) is 6.78. The third-order valence-electron chi connectivity index (χ3n) is 3.66. The Morgan fingerprint density at radius 1 is 1.16 bits per heavy atom. The van der Waals surface area contributed by atoms with E-state index in [1.807, 2.05) is 0 Å². The molecule has 1 aromatic rings. The maximum Gasteiger partial charge on any atom is 0.151 e. The van der Waals surface area contributed by atoms with Gasteiger partial charge in [0.25, 0.3) is 0 Å². The first-order chi connectivity index (χ1) is 9.19. The van der Waals surface area contributed by atoms with Gasteiger partial charge in [0.15, 0.2) is 5.78 Å². The third-order valence-corrected chi connectivity index (χ3v) is 3.66. The van der Waals surface area contributed by atoms with Crippen molar-refractivity contribution in [3.05, 3.63) is 35.6 Å². The van der Waals surface area contributed by atoms with Gasteiger partial charge in [0.2, 0.25) is 0 Å². The first kappa shape index (κ1) is 14.2. The van der Waals surface area contributed by atoms with Crippen LogP contribution in [0.5, 0.6) is 0 Å². The van der Waals surface area contributed by atoms with E-state index in [0.29, 0.717) is 12.1 Å². The molecule has 1 aromatic carbocycles. The summed E-state index contributed by atoms with van der Waals surface area (Å²) >= 11 is 0. The Balaban J connectivity index is 1.81. The van der Waals surface area contributed by atoms with Gasteiger partial charge in [-0.3, -0.25) is 9.69 Å². The van der Waals surface area contributed by atoms with Crippen LogP contribution >= 0.6 is 0 Å². The molecule has 19 heavy (non-hydrogen) atoms. The monoisotopic (exact) mass is 264 g/mol. The number of hydrogen-bond donors (Lipinski definition) is 0. The average molecular weight is 264 g/mol. The summed E-state index contributed by atoms with van der Waals surface area (Å²) in [5.74, 6) is -0.193. The van der Waals surface area contributed by atoms with Crippen LogP contribution in [0.25, 0.3) is 0 Å². The largest absolute Gasteiger partial charge is 0.301 e. The third kappa shape index (κ3) is 4.11. The van der Waals surface area contributed by atoms with Gasteiger partial charge in [0.05, 0.1) is 6.54 Å². The standard InChI is InChI=1S/C15H21FN2O/c1-2-17-7-9-18(10-8-17)12-14(19)11-13-5-3-4-6-15(13)16/h3-6H,2,7-12H2,1H3. The number of likely N-dealkylation sites (N-methyl/N-ethyl adjacent to an activating group) is 1. The average Bonchev–Trinajstić information content (AvgIpc) is 2.42. The van der Waals surface area contributed by atoms with Crippen LogP contribution in [0.15, 0.2) is 24.3 Å². The highest BCUT2D eigenvalue weighted by Gasteiger charge is 2.18. The molecule has 1 fully saturated rings. The van der Waals surface area contributed by atoms with E-state index in [1.54, 1.807) is 18.2 Å². The highest BCUT2D eigenvalue weighted by Crippen LogP contribution is 2.08. The topological polar surface area (TPSA) is 23.6 Å². The molecule has 0 unspecified atom stereocenters. The molecule has 1 aliphatic heterocycles. The second-order valence-electron chi connectivity index (χ2n) is 5.02. The van der Waals surface area contributed by atoms with Crippen molar-refractivity contribution in [2.24, 2.45) is 0 Å². The van der Waals surface area contributed by atoms with Crippen molar-refractivity contribution in [2.75, 3.05) is 39.3 Å². The van der Waals surface area contributed by atoms with Crippen molar-refractivity contribution < 1.29 is 9.18 Å². The van der Waals surface area contributed by atoms with Crippen molar-refractivity contribution in [2.45, 2.75) is 13.3 Å². The number of rotatable bonds is 5. The predicted molar refractivity (Wildman–Crippen MR) is 73.7 cm³/mol. The number of carbonyl (C=O) groups excluding carboxylic acids is 1. The summed E-state index contributed by atoms with van der Waals surface area (Å²) in [6.07, 6.45) is 0.195. The molecule has 0 radical (unpaired) electrons. The van der Waals surface area contributed by atoms with Gasteiger partial charge in [-0.15, -0.1) is 0 Å². The number of Topliss-reactive ketones (excluding diaryl/α,β-unsaturated/α-hetero) is 1. The lowest BCUT2D eigenvalue weighted by Gasteiger charge is -2.33. The fourth-order valence-corrected chi connectivity index (χ4v) is 2.42. The molecule has 1 aliphatic rings. The number of nitrogens with zero attached hydrogens (tertiary/aromatic N) is 2. The van der Waals surface area contributed by atoms with Crippen LogP contribution in [0.1, 0.15) is 12.5 Å². The lowest BCUT2D eigenvalue weighted by atomic mass is 10.1. The fraction of sp³-hybridized carbons (Fsp3) is 0.533. The zero-order chi connectivity index (χ0) is 13.7. The summed E-state index contributed by atoms with van der Waals surface area (Å²) in [4.78, 5) is 16.5. The smallest absolute Gasteiger partial charge is 0.151 e. The molecule has 0 spiro atoms. The van der Waals surface area contributed by atoms with Gasteiger partial charge in [0, 0.05) is 32.6 Å². The van der Waals surface area contributed by atoms with Crippen LogP contribution < -0.4 is 0 Å². The highest BCUT2D eigenvalue weighted by molar-refractivity contribution is 5.82. The molecular formula is C15H21FN2O. The number of hydrogen-bond acceptors (Lipinski definition) is 3. The van der Waals surface area contributed by atoms with Crippen LogP contribution in [0, 0.1) is 5.82 Å². The molecule has 2 rings (SSSR count). The van der Waals surface area contributed by atoms with Gasteiger partial charge in [-0.25, -0.2) is 4.39 Å². The van der Waals surface area contributed by atoms with Crippen LogP contribution in [-0.4, -0.2) is 54.9 Å². The molecule has 0 amide bonds. The zero-order valence-electron chi connectivity index (χ0n) is 11.4. The summed E-state index contributed by atoms with van der Waals surface area (Å²) in [6.45, 7) is 7.54. The predicted octanol–water partition coefficient (Wildman–Crippen LogP) is 1.57. The van der Waals surface area contributed by atoms with E-state index in [9.17, 15) is 9.18 Å². The Hall–Kier alpha value is -1.26. The Kier molecular flexibility index (Phi) is 5.05. The quantitative estimate of drug-likeness (QED) is 0.806. The summed E-state index contributed by atoms with van der Waals surface area (Å²) < 4.78 is 13.5. The van der Waals surface area contributed by atoms with E-state index in [-0.39, 0.29) is 18.0 Å². The number of piperazine rings is 1. The molecule has 0 bridgehead atoms. The summed E-state index contributed by atoms with van der Waals surface area (Å²) in [5.41, 5.74) is 0.500. The van der Waals surface area contributed by atoms with Crippen molar-refractivity contribution in [3.8, 4) is 0 Å². The molecule has 0 aliphatic carbocycles. The first-order valence-electron chi connectivity index (χ1n) is 6.89. The van der Waals surface area contributed by atoms with E-state index >= 15 is 0 Å². The normalized spacial score (nSPS) is 17.6. The zero-order valence-corrected chi connectivity index (χ0v) is 11.4. The molecule has 0 atom stereocenters. The number of halogens is 1. The number of carbonyl (C=O) groups is 1. The van der Waals surface area contributed by atoms with Crippen LogP contribution in [-0.2, 0) is 11.2 Å². The fourth-order valence-electron chi connectivity index (χ4n) is 2.42. The van der Waals surface area contributed by atoms with E-state index < -0.39 is 0 Å². The Bertz CT molecular complexity index is 428. The minimum absolute atomic E-state index is 0.0926. The van der Waals surface area contributed by atoms with Gasteiger partial charge in [-0.1, -0.05) is 25.1 Å². The highest BCUT2D eigenvalue weighted by atomic mass is 19.1. The van der Waals surface area contributed by atoms with Gasteiger partial charge >= 0.3 is 0 Å². The van der Waals surface area contributed by atoms with Crippen molar-refractivity contribution in [1.82, 2.24) is 9.80 Å². The summed E-state index contributed by atoms with van der Waals surface area (Å²) in [6, 6.07) is 6.50. The van der Waals surface area contributed by atoms with Crippen LogP contribution in [0.3, 0.4) is 0 Å². The molecule has 0 saturated carbocycles. The molecule has 0 N–H and O–H groups in total. The lowest BCUT2D eigenvalue weighted by molar-refractivity contribution is -0.120. The molecule has 1 saturated heterocycles. The van der Waals surface area contributed by atoms with E-state index in [0.717, 1.165) is 32.7 Å². The lowest BCUT2D eigenvalue weighted by Crippen LogP contribution is -2.47.